The quantitative estimate of drug-likeness (QED) is 0.362. The number of guanidine groups is 1. The van der Waals surface area contributed by atoms with Crippen molar-refractivity contribution >= 4 is 5.96 Å². The van der Waals surface area contributed by atoms with Gasteiger partial charge in [-0.2, -0.15) is 0 Å². The number of hydrogen-bond acceptors (Lipinski definition) is 5. The van der Waals surface area contributed by atoms with E-state index in [2.05, 4.69) is 20.6 Å². The van der Waals surface area contributed by atoms with Crippen LogP contribution in [0.2, 0.25) is 0 Å². The molecule has 1 rings (SSSR count). The first-order chi connectivity index (χ1) is 11.3. The van der Waals surface area contributed by atoms with Gasteiger partial charge in [-0.1, -0.05) is 6.07 Å². The maximum atomic E-state index is 5.43. The van der Waals surface area contributed by atoms with E-state index >= 15 is 0 Å². The summed E-state index contributed by atoms with van der Waals surface area (Å²) in [4.78, 5) is 8.73. The molecule has 1 aromatic heterocycles. The summed E-state index contributed by atoms with van der Waals surface area (Å²) in [6, 6.07) is 3.84. The molecule has 1 heterocycles. The van der Waals surface area contributed by atoms with E-state index in [1.807, 2.05) is 19.1 Å². The van der Waals surface area contributed by atoms with Crippen molar-refractivity contribution in [3.8, 4) is 5.88 Å². The Morgan fingerprint density at radius 2 is 2.09 bits per heavy atom. The van der Waals surface area contributed by atoms with Gasteiger partial charge < -0.3 is 24.8 Å². The van der Waals surface area contributed by atoms with Crippen molar-refractivity contribution in [3.63, 3.8) is 0 Å². The van der Waals surface area contributed by atoms with Crippen molar-refractivity contribution in [1.82, 2.24) is 15.6 Å². The Bertz CT molecular complexity index is 455. The van der Waals surface area contributed by atoms with Crippen molar-refractivity contribution < 1.29 is 14.2 Å². The maximum absolute atomic E-state index is 5.43. The minimum absolute atomic E-state index is 0.511. The molecule has 0 spiro atoms. The second-order valence-corrected chi connectivity index (χ2v) is 4.75. The monoisotopic (exact) mass is 324 g/mol. The smallest absolute Gasteiger partial charge is 0.218 e. The number of ether oxygens (including phenoxy) is 3. The fourth-order valence-corrected chi connectivity index (χ4v) is 1.86. The second-order valence-electron chi connectivity index (χ2n) is 4.75. The zero-order valence-corrected chi connectivity index (χ0v) is 14.3. The van der Waals surface area contributed by atoms with Crippen molar-refractivity contribution in [2.24, 2.45) is 4.99 Å². The maximum Gasteiger partial charge on any atom is 0.218 e. The van der Waals surface area contributed by atoms with Gasteiger partial charge in [-0.3, -0.25) is 0 Å². The summed E-state index contributed by atoms with van der Waals surface area (Å²) in [7, 11) is 3.28. The van der Waals surface area contributed by atoms with E-state index in [1.54, 1.807) is 20.4 Å². The summed E-state index contributed by atoms with van der Waals surface area (Å²) >= 11 is 0. The lowest BCUT2D eigenvalue weighted by molar-refractivity contribution is 0.0698. The molecule has 2 N–H and O–H groups in total. The van der Waals surface area contributed by atoms with E-state index in [1.165, 1.54) is 0 Å². The van der Waals surface area contributed by atoms with Crippen molar-refractivity contribution in [2.75, 3.05) is 47.1 Å². The third kappa shape index (κ3) is 8.37. The zero-order valence-electron chi connectivity index (χ0n) is 14.3. The first-order valence-corrected chi connectivity index (χ1v) is 7.88. The second kappa shape index (κ2) is 12.7. The van der Waals surface area contributed by atoms with Gasteiger partial charge in [0, 0.05) is 38.6 Å². The number of nitrogens with one attached hydrogen (secondary N) is 2. The van der Waals surface area contributed by atoms with E-state index in [-0.39, 0.29) is 0 Å². The van der Waals surface area contributed by atoms with Gasteiger partial charge in [-0.05, 0) is 19.4 Å². The van der Waals surface area contributed by atoms with Gasteiger partial charge in [0.25, 0.3) is 0 Å². The van der Waals surface area contributed by atoms with Crippen LogP contribution in [0.4, 0.5) is 0 Å². The van der Waals surface area contributed by atoms with Crippen LogP contribution < -0.4 is 15.4 Å². The molecule has 0 amide bonds. The summed E-state index contributed by atoms with van der Waals surface area (Å²) in [6.07, 6.45) is 2.61. The highest BCUT2D eigenvalue weighted by atomic mass is 16.5. The normalized spacial score (nSPS) is 11.3. The van der Waals surface area contributed by atoms with Gasteiger partial charge in [0.1, 0.15) is 0 Å². The van der Waals surface area contributed by atoms with Crippen LogP contribution in [0.25, 0.3) is 0 Å². The highest BCUT2D eigenvalue weighted by Gasteiger charge is 2.03. The molecule has 0 bridgehead atoms. The van der Waals surface area contributed by atoms with Gasteiger partial charge in [0.05, 0.1) is 26.9 Å². The summed E-state index contributed by atoms with van der Waals surface area (Å²) in [5.74, 6) is 1.38. The number of methoxy groups -OCH3 is 2. The van der Waals surface area contributed by atoms with Gasteiger partial charge in [0.2, 0.25) is 5.88 Å². The molecule has 0 saturated carbocycles. The Kier molecular flexibility index (Phi) is 10.6. The summed E-state index contributed by atoms with van der Waals surface area (Å²) < 4.78 is 15.6. The molecule has 1 aromatic rings. The first-order valence-electron chi connectivity index (χ1n) is 7.88. The molecule has 0 saturated heterocycles. The van der Waals surface area contributed by atoms with E-state index in [0.717, 1.165) is 31.0 Å². The SMILES string of the molecule is CCNC(=NCc1cccnc1OC)NCCCOCCOC. The fourth-order valence-electron chi connectivity index (χ4n) is 1.86. The number of aromatic nitrogens is 1. The number of nitrogens with zero attached hydrogens (tertiary/aromatic N) is 2. The van der Waals surface area contributed by atoms with Gasteiger partial charge >= 0.3 is 0 Å². The van der Waals surface area contributed by atoms with Crippen LogP contribution in [0, 0.1) is 0 Å². The molecule has 0 atom stereocenters. The van der Waals surface area contributed by atoms with Crippen LogP contribution in [0.15, 0.2) is 23.3 Å². The Morgan fingerprint density at radius 3 is 2.83 bits per heavy atom. The van der Waals surface area contributed by atoms with E-state index in [4.69, 9.17) is 14.2 Å². The lowest BCUT2D eigenvalue weighted by Crippen LogP contribution is -2.38. The largest absolute Gasteiger partial charge is 0.481 e. The first kappa shape index (κ1) is 19.2. The van der Waals surface area contributed by atoms with Crippen LogP contribution in [-0.4, -0.2) is 58.1 Å². The summed E-state index contributed by atoms with van der Waals surface area (Å²) in [5.41, 5.74) is 0.954. The van der Waals surface area contributed by atoms with Gasteiger partial charge in [-0.15, -0.1) is 0 Å². The highest BCUT2D eigenvalue weighted by molar-refractivity contribution is 5.79. The van der Waals surface area contributed by atoms with E-state index in [0.29, 0.717) is 32.2 Å². The molecule has 0 aliphatic carbocycles. The van der Waals surface area contributed by atoms with E-state index < -0.39 is 0 Å². The molecule has 23 heavy (non-hydrogen) atoms. The Morgan fingerprint density at radius 1 is 1.22 bits per heavy atom. The number of rotatable bonds is 11. The Hall–Kier alpha value is -1.86. The third-order valence-corrected chi connectivity index (χ3v) is 2.98. The van der Waals surface area contributed by atoms with Gasteiger partial charge in [0.15, 0.2) is 5.96 Å². The minimum atomic E-state index is 0.511. The summed E-state index contributed by atoms with van der Waals surface area (Å²) in [5, 5.41) is 6.50. The zero-order chi connectivity index (χ0) is 16.8. The molecular weight excluding hydrogens is 296 g/mol. The van der Waals surface area contributed by atoms with Crippen molar-refractivity contribution in [3.05, 3.63) is 23.9 Å². The average Bonchev–Trinajstić information content (AvgIpc) is 2.59. The average molecular weight is 324 g/mol. The lowest BCUT2D eigenvalue weighted by Gasteiger charge is -2.12. The van der Waals surface area contributed by atoms with E-state index in [9.17, 15) is 0 Å². The standard InChI is InChI=1S/C16H28N4O3/c1-4-17-16(19-9-6-10-23-12-11-21-2)20-13-14-7-5-8-18-15(14)22-3/h5,7-8H,4,6,9-13H2,1-3H3,(H2,17,19,20). The topological polar surface area (TPSA) is 77.0 Å². The van der Waals surface area contributed by atoms with Crippen LogP contribution >= 0.6 is 0 Å². The molecule has 0 aromatic carbocycles. The molecule has 0 radical (unpaired) electrons. The number of pyridine rings is 1. The van der Waals surface area contributed by atoms with Crippen LogP contribution in [0.5, 0.6) is 5.88 Å². The Labute approximate surface area is 138 Å². The van der Waals surface area contributed by atoms with Crippen molar-refractivity contribution in [1.29, 1.82) is 0 Å². The number of hydrogen-bond donors (Lipinski definition) is 2. The predicted molar refractivity (Wildman–Crippen MR) is 90.9 cm³/mol. The molecule has 0 aliphatic rings. The molecule has 130 valence electrons. The molecule has 0 unspecified atom stereocenters. The lowest BCUT2D eigenvalue weighted by atomic mass is 10.3. The predicted octanol–water partition coefficient (Wildman–Crippen LogP) is 1.20. The highest BCUT2D eigenvalue weighted by Crippen LogP contribution is 2.14. The summed E-state index contributed by atoms with van der Waals surface area (Å²) in [6.45, 7) is 6.11. The van der Waals surface area contributed by atoms with Crippen LogP contribution in [-0.2, 0) is 16.0 Å². The molecular formula is C16H28N4O3. The van der Waals surface area contributed by atoms with Crippen molar-refractivity contribution in [2.45, 2.75) is 19.9 Å². The van der Waals surface area contributed by atoms with Crippen LogP contribution in [0.3, 0.4) is 0 Å². The molecule has 0 aliphatic heterocycles. The van der Waals surface area contributed by atoms with Crippen LogP contribution in [0.1, 0.15) is 18.9 Å². The minimum Gasteiger partial charge on any atom is -0.481 e. The number of aliphatic imine (C=N–C) groups is 1. The Balaban J connectivity index is 2.38. The van der Waals surface area contributed by atoms with Gasteiger partial charge in [-0.25, -0.2) is 9.98 Å². The fraction of sp³-hybridized carbons (Fsp3) is 0.625. The third-order valence-electron chi connectivity index (χ3n) is 2.98. The molecule has 7 nitrogen and oxygen atoms in total. The molecule has 0 fully saturated rings. The molecule has 7 heteroatoms.